The van der Waals surface area contributed by atoms with Crippen LogP contribution in [0, 0.1) is 10.1 Å². The fourth-order valence-corrected chi connectivity index (χ4v) is 3.19. The summed E-state index contributed by atoms with van der Waals surface area (Å²) in [4.78, 5) is 49.4. The molecule has 0 aliphatic carbocycles. The van der Waals surface area contributed by atoms with Crippen LogP contribution in [0.25, 0.3) is 0 Å². The molecule has 1 aliphatic rings. The summed E-state index contributed by atoms with van der Waals surface area (Å²) in [6.07, 6.45) is 0. The third kappa shape index (κ3) is 3.14. The first kappa shape index (κ1) is 18.8. The van der Waals surface area contributed by atoms with Gasteiger partial charge in [0, 0.05) is 17.3 Å². The summed E-state index contributed by atoms with van der Waals surface area (Å²) in [6.45, 7) is 0. The van der Waals surface area contributed by atoms with E-state index in [9.17, 15) is 29.6 Å². The molecule has 1 aliphatic heterocycles. The standard InChI is InChI=1S/C21H13N3O6/c25-15-9-7-13(8-10-15)22-19(26)12-3-1-4-14(11-12)23-20(27)16-5-2-6-17(24(29)30)18(16)21(23)28/h1-11,25H,(H,22,26). The number of carbonyl (C=O) groups excluding carboxylic acids is 3. The lowest BCUT2D eigenvalue weighted by Crippen LogP contribution is -2.29. The van der Waals surface area contributed by atoms with Crippen LogP contribution in [-0.4, -0.2) is 27.8 Å². The molecule has 30 heavy (non-hydrogen) atoms. The molecule has 148 valence electrons. The lowest BCUT2D eigenvalue weighted by atomic mass is 10.1. The predicted octanol–water partition coefficient (Wildman–Crippen LogP) is 3.35. The van der Waals surface area contributed by atoms with E-state index in [-0.39, 0.29) is 28.1 Å². The number of nitro benzene ring substituents is 1. The number of phenolic OH excluding ortho intramolecular Hbond substituents is 1. The van der Waals surface area contributed by atoms with Crippen molar-refractivity contribution in [1.82, 2.24) is 0 Å². The molecule has 0 unspecified atom stereocenters. The number of imide groups is 1. The summed E-state index contributed by atoms with van der Waals surface area (Å²) in [7, 11) is 0. The molecule has 0 saturated heterocycles. The number of carbonyl (C=O) groups is 3. The van der Waals surface area contributed by atoms with Crippen LogP contribution in [0.15, 0.2) is 66.7 Å². The second kappa shape index (κ2) is 7.13. The van der Waals surface area contributed by atoms with Crippen molar-refractivity contribution in [3.05, 3.63) is 93.5 Å². The number of amides is 3. The quantitative estimate of drug-likeness (QED) is 0.297. The number of hydrogen-bond donors (Lipinski definition) is 2. The molecular formula is C21H13N3O6. The van der Waals surface area contributed by atoms with Crippen LogP contribution in [-0.2, 0) is 0 Å². The fraction of sp³-hybridized carbons (Fsp3) is 0. The Morgan fingerprint density at radius 1 is 0.967 bits per heavy atom. The molecule has 3 aromatic carbocycles. The molecule has 3 amide bonds. The van der Waals surface area contributed by atoms with Crippen molar-refractivity contribution >= 4 is 34.8 Å². The third-order valence-corrected chi connectivity index (χ3v) is 4.58. The topological polar surface area (TPSA) is 130 Å². The molecule has 0 radical (unpaired) electrons. The summed E-state index contributed by atoms with van der Waals surface area (Å²) in [5, 5.41) is 23.2. The maximum absolute atomic E-state index is 12.8. The highest BCUT2D eigenvalue weighted by Crippen LogP contribution is 2.34. The van der Waals surface area contributed by atoms with Crippen molar-refractivity contribution in [2.45, 2.75) is 0 Å². The Labute approximate surface area is 169 Å². The van der Waals surface area contributed by atoms with Crippen LogP contribution >= 0.6 is 0 Å². The molecule has 2 N–H and O–H groups in total. The highest BCUT2D eigenvalue weighted by Gasteiger charge is 2.41. The van der Waals surface area contributed by atoms with Crippen molar-refractivity contribution < 1.29 is 24.4 Å². The Morgan fingerprint density at radius 3 is 2.37 bits per heavy atom. The van der Waals surface area contributed by atoms with E-state index in [0.29, 0.717) is 5.69 Å². The molecule has 0 spiro atoms. The second-order valence-corrected chi connectivity index (χ2v) is 6.45. The summed E-state index contributed by atoms with van der Waals surface area (Å²) in [5.74, 6) is -1.96. The normalized spacial score (nSPS) is 12.6. The monoisotopic (exact) mass is 403 g/mol. The summed E-state index contributed by atoms with van der Waals surface area (Å²) in [6, 6.07) is 15.5. The van der Waals surface area contributed by atoms with Gasteiger partial charge in [-0.25, -0.2) is 4.90 Å². The SMILES string of the molecule is O=C(Nc1ccc(O)cc1)c1cccc(N2C(=O)c3cccc([N+](=O)[O-])c3C2=O)c1. The van der Waals surface area contributed by atoms with Crippen molar-refractivity contribution in [3.8, 4) is 5.75 Å². The number of hydrogen-bond acceptors (Lipinski definition) is 6. The zero-order valence-corrected chi connectivity index (χ0v) is 15.2. The Hall–Kier alpha value is -4.53. The zero-order chi connectivity index (χ0) is 21.4. The van der Waals surface area contributed by atoms with E-state index in [1.807, 2.05) is 0 Å². The number of aromatic hydroxyl groups is 1. The Morgan fingerprint density at radius 2 is 1.67 bits per heavy atom. The fourth-order valence-electron chi connectivity index (χ4n) is 3.19. The molecule has 0 atom stereocenters. The van der Waals surface area contributed by atoms with Crippen molar-refractivity contribution in [2.24, 2.45) is 0 Å². The van der Waals surface area contributed by atoms with E-state index in [4.69, 9.17) is 0 Å². The molecule has 0 bridgehead atoms. The first-order valence-corrected chi connectivity index (χ1v) is 8.73. The van der Waals surface area contributed by atoms with Gasteiger partial charge in [-0.1, -0.05) is 12.1 Å². The van der Waals surface area contributed by atoms with Crippen molar-refractivity contribution in [3.63, 3.8) is 0 Å². The number of anilines is 2. The number of benzene rings is 3. The number of nitrogens with one attached hydrogen (secondary N) is 1. The van der Waals surface area contributed by atoms with E-state index in [0.717, 1.165) is 11.0 Å². The van der Waals surface area contributed by atoms with E-state index in [1.54, 1.807) is 0 Å². The van der Waals surface area contributed by atoms with Gasteiger partial charge in [0.2, 0.25) is 0 Å². The number of nitro groups is 1. The maximum Gasteiger partial charge on any atom is 0.283 e. The summed E-state index contributed by atoms with van der Waals surface area (Å²) in [5.41, 5.74) is -0.0470. The molecule has 0 aromatic heterocycles. The maximum atomic E-state index is 12.8. The van der Waals surface area contributed by atoms with Crippen LogP contribution in [0.4, 0.5) is 17.1 Å². The molecule has 0 saturated carbocycles. The van der Waals surface area contributed by atoms with Gasteiger partial charge in [-0.05, 0) is 48.5 Å². The molecule has 9 heteroatoms. The predicted molar refractivity (Wildman–Crippen MR) is 107 cm³/mol. The van der Waals surface area contributed by atoms with Gasteiger partial charge >= 0.3 is 0 Å². The van der Waals surface area contributed by atoms with E-state index < -0.39 is 28.3 Å². The van der Waals surface area contributed by atoms with Gasteiger partial charge in [-0.15, -0.1) is 0 Å². The van der Waals surface area contributed by atoms with Crippen LogP contribution in [0.3, 0.4) is 0 Å². The summed E-state index contributed by atoms with van der Waals surface area (Å²) < 4.78 is 0. The van der Waals surface area contributed by atoms with E-state index in [2.05, 4.69) is 5.32 Å². The van der Waals surface area contributed by atoms with Gasteiger partial charge in [0.15, 0.2) is 0 Å². The van der Waals surface area contributed by atoms with Gasteiger partial charge in [0.1, 0.15) is 11.3 Å². The number of nitrogens with zero attached hydrogens (tertiary/aromatic N) is 2. The first-order chi connectivity index (χ1) is 14.4. The summed E-state index contributed by atoms with van der Waals surface area (Å²) >= 11 is 0. The molecule has 1 heterocycles. The van der Waals surface area contributed by atoms with Gasteiger partial charge < -0.3 is 10.4 Å². The van der Waals surface area contributed by atoms with E-state index in [1.165, 1.54) is 60.7 Å². The van der Waals surface area contributed by atoms with Crippen LogP contribution in [0.1, 0.15) is 31.1 Å². The lowest BCUT2D eigenvalue weighted by Gasteiger charge is -2.15. The Balaban J connectivity index is 1.66. The van der Waals surface area contributed by atoms with Crippen LogP contribution in [0.2, 0.25) is 0 Å². The van der Waals surface area contributed by atoms with Crippen molar-refractivity contribution in [1.29, 1.82) is 0 Å². The van der Waals surface area contributed by atoms with Gasteiger partial charge in [-0.3, -0.25) is 24.5 Å². The molecule has 0 fully saturated rings. The minimum Gasteiger partial charge on any atom is -0.508 e. The lowest BCUT2D eigenvalue weighted by molar-refractivity contribution is -0.385. The minimum absolute atomic E-state index is 0.0507. The highest BCUT2D eigenvalue weighted by atomic mass is 16.6. The van der Waals surface area contributed by atoms with Gasteiger partial charge in [0.05, 0.1) is 16.2 Å². The average Bonchev–Trinajstić information content (AvgIpc) is 3.00. The number of rotatable bonds is 4. The number of fused-ring (bicyclic) bond motifs is 1. The second-order valence-electron chi connectivity index (χ2n) is 6.45. The zero-order valence-electron chi connectivity index (χ0n) is 15.2. The van der Waals surface area contributed by atoms with Crippen LogP contribution < -0.4 is 10.2 Å². The van der Waals surface area contributed by atoms with E-state index >= 15 is 0 Å². The molecule has 3 aromatic rings. The Kier molecular flexibility index (Phi) is 4.47. The minimum atomic E-state index is -0.821. The van der Waals surface area contributed by atoms with Gasteiger partial charge in [0.25, 0.3) is 23.4 Å². The third-order valence-electron chi connectivity index (χ3n) is 4.58. The smallest absolute Gasteiger partial charge is 0.283 e. The average molecular weight is 403 g/mol. The molecule has 9 nitrogen and oxygen atoms in total. The Bertz CT molecular complexity index is 1220. The van der Waals surface area contributed by atoms with Crippen LogP contribution in [0.5, 0.6) is 5.75 Å². The highest BCUT2D eigenvalue weighted by molar-refractivity contribution is 6.35. The molecular weight excluding hydrogens is 390 g/mol. The first-order valence-electron chi connectivity index (χ1n) is 8.73. The molecule has 4 rings (SSSR count). The largest absolute Gasteiger partial charge is 0.508 e. The number of phenols is 1. The van der Waals surface area contributed by atoms with Gasteiger partial charge in [-0.2, -0.15) is 0 Å². The van der Waals surface area contributed by atoms with Crippen molar-refractivity contribution in [2.75, 3.05) is 10.2 Å².